The molecule has 0 atom stereocenters. The summed E-state index contributed by atoms with van der Waals surface area (Å²) in [6.07, 6.45) is -0.799. The summed E-state index contributed by atoms with van der Waals surface area (Å²) < 4.78 is 13.5. The number of esters is 2. The largest absolute Gasteiger partial charge is 0.480 e. The van der Waals surface area contributed by atoms with Gasteiger partial charge in [0.1, 0.15) is 65.6 Å². The molecule has 26 nitrogen and oxygen atoms in total. The minimum atomic E-state index is -1.71. The van der Waals surface area contributed by atoms with E-state index >= 15 is 0 Å². The molecule has 2 saturated heterocycles. The Morgan fingerprint density at radius 2 is 0.886 bits per heavy atom. The second-order valence-electron chi connectivity index (χ2n) is 17.0. The number of methoxy groups -OCH3 is 2. The second-order valence-corrected chi connectivity index (χ2v) is 17.0. The SMILES string of the molecule is CCn1nnn(CC[N+]2(OC(=O)C(=O)O[N+]3(CCn4nnn(CC)c4=O)CCC(C(=O)OC)(N(OCc4ccccc4)C(C)=O)CC3)CCC(C(=O)OC)(N(OCc3ccccc3)C(C)=O)CC2)c1=O. The summed E-state index contributed by atoms with van der Waals surface area (Å²) in [5.74, 6) is -5.74. The molecule has 26 heteroatoms. The maximum atomic E-state index is 14.3. The van der Waals surface area contributed by atoms with Gasteiger partial charge < -0.3 is 9.47 Å². The average molecular weight is 981 g/mol. The Kier molecular flexibility index (Phi) is 16.8. The Labute approximate surface area is 401 Å². The Morgan fingerprint density at radius 1 is 0.557 bits per heavy atom. The number of piperidine rings is 2. The van der Waals surface area contributed by atoms with Gasteiger partial charge in [0, 0.05) is 52.6 Å². The van der Waals surface area contributed by atoms with E-state index in [9.17, 15) is 38.4 Å². The summed E-state index contributed by atoms with van der Waals surface area (Å²) >= 11 is 0. The third-order valence-electron chi connectivity index (χ3n) is 12.8. The minimum absolute atomic E-state index is 0.0735. The number of rotatable bonds is 20. The number of quaternary nitrogens is 2. The lowest BCUT2D eigenvalue weighted by Crippen LogP contribution is -2.68. The van der Waals surface area contributed by atoms with Crippen molar-refractivity contribution in [3.63, 3.8) is 0 Å². The second kappa shape index (κ2) is 22.5. The van der Waals surface area contributed by atoms with Crippen LogP contribution >= 0.6 is 0 Å². The van der Waals surface area contributed by atoms with Crippen molar-refractivity contribution in [1.82, 2.24) is 49.7 Å². The van der Waals surface area contributed by atoms with Crippen LogP contribution in [0.2, 0.25) is 0 Å². The molecule has 70 heavy (non-hydrogen) atoms. The summed E-state index contributed by atoms with van der Waals surface area (Å²) in [4.78, 5) is 133. The monoisotopic (exact) mass is 980 g/mol. The van der Waals surface area contributed by atoms with Crippen LogP contribution in [-0.2, 0) is 97.0 Å². The molecule has 0 N–H and O–H groups in total. The number of benzene rings is 2. The van der Waals surface area contributed by atoms with E-state index in [2.05, 4.69) is 20.9 Å². The van der Waals surface area contributed by atoms with Crippen LogP contribution in [0.4, 0.5) is 0 Å². The lowest BCUT2D eigenvalue weighted by molar-refractivity contribution is -1.10. The van der Waals surface area contributed by atoms with Crippen LogP contribution in [0.15, 0.2) is 70.3 Å². The summed E-state index contributed by atoms with van der Waals surface area (Å²) in [6.45, 7) is 4.74. The number of nitrogens with zero attached hydrogens (tertiary/aromatic N) is 12. The van der Waals surface area contributed by atoms with E-state index in [1.807, 2.05) is 12.1 Å². The Morgan fingerprint density at radius 3 is 1.17 bits per heavy atom. The van der Waals surface area contributed by atoms with Crippen LogP contribution < -0.4 is 11.4 Å². The molecule has 6 rings (SSSR count). The molecule has 2 amide bonds. The van der Waals surface area contributed by atoms with Crippen molar-refractivity contribution in [2.24, 2.45) is 0 Å². The number of carbonyl (C=O) groups excluding carboxylic acids is 6. The van der Waals surface area contributed by atoms with Gasteiger partial charge in [-0.15, -0.1) is 9.29 Å². The number of tetrazole rings is 2. The molecule has 378 valence electrons. The first-order valence-electron chi connectivity index (χ1n) is 22.8. The molecule has 0 saturated carbocycles. The van der Waals surface area contributed by atoms with Gasteiger partial charge in [-0.2, -0.15) is 18.7 Å². The molecular weight excluding hydrogens is 921 g/mol. The summed E-state index contributed by atoms with van der Waals surface area (Å²) in [5, 5.41) is 17.5. The first-order valence-corrected chi connectivity index (χ1v) is 22.8. The predicted molar refractivity (Wildman–Crippen MR) is 237 cm³/mol. The molecule has 2 fully saturated rings. The van der Waals surface area contributed by atoms with Gasteiger partial charge in [0.15, 0.2) is 11.1 Å². The minimum Gasteiger partial charge on any atom is -0.467 e. The van der Waals surface area contributed by atoms with Crippen LogP contribution in [0.3, 0.4) is 0 Å². The molecule has 2 aliphatic rings. The molecule has 2 aromatic carbocycles. The third-order valence-corrected chi connectivity index (χ3v) is 12.8. The molecule has 0 bridgehead atoms. The number of hydrogen-bond donors (Lipinski definition) is 0. The lowest BCUT2D eigenvalue weighted by atomic mass is 9.86. The highest BCUT2D eigenvalue weighted by molar-refractivity contribution is 6.29. The van der Waals surface area contributed by atoms with E-state index in [-0.39, 0.29) is 104 Å². The van der Waals surface area contributed by atoms with Gasteiger partial charge in [-0.05, 0) is 45.8 Å². The van der Waals surface area contributed by atoms with Crippen molar-refractivity contribution in [3.05, 3.63) is 92.8 Å². The number of hydrogen-bond acceptors (Lipinski definition) is 18. The molecule has 0 aliphatic carbocycles. The maximum absolute atomic E-state index is 14.3. The number of hydroxylamine groups is 10. The van der Waals surface area contributed by atoms with Gasteiger partial charge in [0.2, 0.25) is 11.8 Å². The molecule has 0 unspecified atom stereocenters. The molecule has 0 radical (unpaired) electrons. The Bertz CT molecular complexity index is 2420. The van der Waals surface area contributed by atoms with Crippen molar-refractivity contribution >= 4 is 35.7 Å². The number of ether oxygens (including phenoxy) is 2. The third kappa shape index (κ3) is 11.3. The molecule has 2 aromatic heterocycles. The van der Waals surface area contributed by atoms with Gasteiger partial charge in [-0.3, -0.25) is 28.9 Å². The number of likely N-dealkylation sites (tertiary alicyclic amines) is 2. The van der Waals surface area contributed by atoms with Crippen LogP contribution in [0.25, 0.3) is 0 Å². The molecule has 4 aromatic rings. The van der Waals surface area contributed by atoms with E-state index in [1.165, 1.54) is 28.1 Å². The highest BCUT2D eigenvalue weighted by Gasteiger charge is 2.59. The van der Waals surface area contributed by atoms with Gasteiger partial charge in [-0.25, -0.2) is 38.9 Å². The van der Waals surface area contributed by atoms with Gasteiger partial charge in [0.05, 0.1) is 14.2 Å². The average Bonchev–Trinajstić information content (AvgIpc) is 3.92. The predicted octanol–water partition coefficient (Wildman–Crippen LogP) is -0.145. The van der Waals surface area contributed by atoms with Crippen LogP contribution in [0, 0.1) is 0 Å². The highest BCUT2D eigenvalue weighted by Crippen LogP contribution is 2.37. The smallest absolute Gasteiger partial charge is 0.467 e. The van der Waals surface area contributed by atoms with E-state index in [0.717, 1.165) is 28.9 Å². The van der Waals surface area contributed by atoms with Gasteiger partial charge >= 0.3 is 35.3 Å². The molecule has 0 spiro atoms. The van der Waals surface area contributed by atoms with Gasteiger partial charge in [0.25, 0.3) is 0 Å². The fourth-order valence-electron chi connectivity index (χ4n) is 8.84. The molecule has 2 aliphatic heterocycles. The standard InChI is InChI=1S/C44H60N12O14/c1-7-49-41(63)51(47-45-49)23-29-55(25-19-43(20-26-55,39(61)65-5)53(33(3)57)67-31-35-15-11-9-12-16-35)69-37(59)38(60)70-56(30-24-52-42(64)50(8-2)46-48-52)27-21-44(22-28-56,40(62)66-6)54(34(4)58)68-32-36-17-13-10-14-18-36/h9-18H,7-8,19-32H2,1-6H3/q+2. The van der Waals surface area contributed by atoms with E-state index in [1.54, 1.807) is 62.4 Å². The summed E-state index contributed by atoms with van der Waals surface area (Å²) in [6, 6.07) is 17.9. The number of carbonyl (C=O) groups is 6. The van der Waals surface area contributed by atoms with Gasteiger partial charge in [-0.1, -0.05) is 60.7 Å². The lowest BCUT2D eigenvalue weighted by Gasteiger charge is -2.47. The fourth-order valence-corrected chi connectivity index (χ4v) is 8.84. The quantitative estimate of drug-likeness (QED) is 0.0482. The first kappa shape index (κ1) is 52.2. The Balaban J connectivity index is 1.29. The van der Waals surface area contributed by atoms with Crippen molar-refractivity contribution in [2.45, 2.75) is 104 Å². The zero-order valence-corrected chi connectivity index (χ0v) is 40.2. The Hall–Kier alpha value is -7.16. The zero-order valence-electron chi connectivity index (χ0n) is 40.2. The van der Waals surface area contributed by atoms with E-state index < -0.39 is 67.4 Å². The van der Waals surface area contributed by atoms with Crippen LogP contribution in [0.5, 0.6) is 0 Å². The number of amides is 2. The first-order chi connectivity index (χ1) is 33.5. The topological polar surface area (TPSA) is 270 Å². The summed E-state index contributed by atoms with van der Waals surface area (Å²) in [5.41, 5.74) is -3.09. The van der Waals surface area contributed by atoms with E-state index in [4.69, 9.17) is 28.8 Å². The maximum Gasteiger partial charge on any atom is 0.480 e. The van der Waals surface area contributed by atoms with Crippen molar-refractivity contribution in [3.8, 4) is 0 Å². The summed E-state index contributed by atoms with van der Waals surface area (Å²) in [7, 11) is 2.34. The number of aromatic nitrogens is 8. The van der Waals surface area contributed by atoms with Crippen LogP contribution in [-0.4, -0.2) is 159 Å². The highest BCUT2D eigenvalue weighted by atomic mass is 16.8. The normalized spacial score (nSPS) is 22.1. The van der Waals surface area contributed by atoms with E-state index in [0.29, 0.717) is 11.1 Å². The number of aryl methyl sites for hydroxylation is 2. The zero-order chi connectivity index (χ0) is 50.7. The molecule has 4 heterocycles. The van der Waals surface area contributed by atoms with Crippen molar-refractivity contribution < 1.29 is 66.9 Å². The molecular formula is C44H60N12O14+2. The van der Waals surface area contributed by atoms with Crippen molar-refractivity contribution in [2.75, 3.05) is 53.5 Å². The van der Waals surface area contributed by atoms with Crippen molar-refractivity contribution in [1.29, 1.82) is 0 Å². The fraction of sp³-hybridized carbons (Fsp3) is 0.545. The van der Waals surface area contributed by atoms with Crippen LogP contribution in [0.1, 0.15) is 64.5 Å².